The molecule has 182 valence electrons. The zero-order valence-corrected chi connectivity index (χ0v) is 20.5. The lowest BCUT2D eigenvalue weighted by atomic mass is 9.95. The van der Waals surface area contributed by atoms with Gasteiger partial charge in [0.25, 0.3) is 5.91 Å². The van der Waals surface area contributed by atoms with Crippen LogP contribution in [0.4, 0.5) is 0 Å². The number of likely N-dealkylation sites (tertiary alicyclic amines) is 1. The first-order valence-corrected chi connectivity index (χ1v) is 12.1. The third-order valence-electron chi connectivity index (χ3n) is 6.21. The zero-order valence-electron chi connectivity index (χ0n) is 19.7. The summed E-state index contributed by atoms with van der Waals surface area (Å²) in [6, 6.07) is 22.7. The van der Waals surface area contributed by atoms with Crippen molar-refractivity contribution in [3.05, 3.63) is 94.5 Å². The van der Waals surface area contributed by atoms with E-state index in [1.54, 1.807) is 23.1 Å². The van der Waals surface area contributed by atoms with Crippen molar-refractivity contribution in [3.63, 3.8) is 0 Å². The smallest absolute Gasteiger partial charge is 0.257 e. The second-order valence-electron chi connectivity index (χ2n) is 8.51. The van der Waals surface area contributed by atoms with Gasteiger partial charge in [-0.05, 0) is 42.7 Å². The lowest BCUT2D eigenvalue weighted by Gasteiger charge is -2.31. The molecule has 0 unspecified atom stereocenters. The minimum Gasteiger partial charge on any atom is -0.496 e. The second-order valence-corrected chi connectivity index (χ2v) is 8.95. The van der Waals surface area contributed by atoms with Crippen LogP contribution in [-0.2, 0) is 17.9 Å². The molecule has 1 heterocycles. The standard InChI is InChI=1S/C28H29ClN2O4/c1-34-26-12-11-23(29)17-24(26)28(33)31-15-13-21(14-16-31)27(32)30-18-22-9-5-6-10-25(22)35-19-20-7-3-2-4-8-20/h2-12,17,21H,13-16,18-19H2,1H3,(H,30,32). The highest BCUT2D eigenvalue weighted by atomic mass is 35.5. The van der Waals surface area contributed by atoms with Gasteiger partial charge in [0.05, 0.1) is 12.7 Å². The number of benzene rings is 3. The molecule has 0 saturated carbocycles. The number of carbonyl (C=O) groups is 2. The van der Waals surface area contributed by atoms with E-state index >= 15 is 0 Å². The van der Waals surface area contributed by atoms with E-state index in [2.05, 4.69) is 5.32 Å². The van der Waals surface area contributed by atoms with Gasteiger partial charge in [-0.2, -0.15) is 0 Å². The van der Waals surface area contributed by atoms with Gasteiger partial charge >= 0.3 is 0 Å². The molecule has 1 N–H and O–H groups in total. The molecular weight excluding hydrogens is 464 g/mol. The van der Waals surface area contributed by atoms with Gasteiger partial charge in [-0.3, -0.25) is 9.59 Å². The van der Waals surface area contributed by atoms with E-state index in [0.717, 1.165) is 16.9 Å². The lowest BCUT2D eigenvalue weighted by Crippen LogP contribution is -2.43. The molecule has 0 atom stereocenters. The zero-order chi connectivity index (χ0) is 24.6. The molecule has 0 aromatic heterocycles. The molecule has 0 bridgehead atoms. The highest BCUT2D eigenvalue weighted by Gasteiger charge is 2.29. The van der Waals surface area contributed by atoms with Crippen molar-refractivity contribution in [2.75, 3.05) is 20.2 Å². The number of amides is 2. The first-order valence-electron chi connectivity index (χ1n) is 11.7. The molecule has 0 aliphatic carbocycles. The minimum absolute atomic E-state index is 0.00435. The first-order chi connectivity index (χ1) is 17.0. The Morgan fingerprint density at radius 3 is 2.43 bits per heavy atom. The van der Waals surface area contributed by atoms with Gasteiger partial charge in [0.15, 0.2) is 0 Å². The van der Waals surface area contributed by atoms with Gasteiger partial charge in [-0.25, -0.2) is 0 Å². The minimum atomic E-state index is -0.141. The van der Waals surface area contributed by atoms with Gasteiger partial charge in [0, 0.05) is 36.1 Å². The van der Waals surface area contributed by atoms with Crippen LogP contribution in [0.3, 0.4) is 0 Å². The molecule has 4 rings (SSSR count). The summed E-state index contributed by atoms with van der Waals surface area (Å²) in [7, 11) is 1.53. The van der Waals surface area contributed by atoms with Crippen LogP contribution in [0.15, 0.2) is 72.8 Å². The number of halogens is 1. The van der Waals surface area contributed by atoms with Crippen LogP contribution in [0.2, 0.25) is 5.02 Å². The average Bonchev–Trinajstić information content (AvgIpc) is 2.91. The Hall–Kier alpha value is -3.51. The van der Waals surface area contributed by atoms with Crippen molar-refractivity contribution >= 4 is 23.4 Å². The van der Waals surface area contributed by atoms with Crippen molar-refractivity contribution in [3.8, 4) is 11.5 Å². The van der Waals surface area contributed by atoms with Crippen molar-refractivity contribution in [2.45, 2.75) is 26.0 Å². The van der Waals surface area contributed by atoms with E-state index in [-0.39, 0.29) is 17.7 Å². The molecule has 2 amide bonds. The molecule has 6 nitrogen and oxygen atoms in total. The summed E-state index contributed by atoms with van der Waals surface area (Å²) in [5.74, 6) is 0.973. The third kappa shape index (κ3) is 6.34. The largest absolute Gasteiger partial charge is 0.496 e. The van der Waals surface area contributed by atoms with Crippen LogP contribution < -0.4 is 14.8 Å². The fraction of sp³-hybridized carbons (Fsp3) is 0.286. The summed E-state index contributed by atoms with van der Waals surface area (Å²) in [5, 5.41) is 3.53. The summed E-state index contributed by atoms with van der Waals surface area (Å²) in [5.41, 5.74) is 2.45. The Bertz CT molecular complexity index is 1160. The van der Waals surface area contributed by atoms with Crippen LogP contribution in [0, 0.1) is 5.92 Å². The van der Waals surface area contributed by atoms with Gasteiger partial charge in [-0.1, -0.05) is 60.1 Å². The van der Waals surface area contributed by atoms with E-state index in [1.807, 2.05) is 54.6 Å². The van der Waals surface area contributed by atoms with Crippen molar-refractivity contribution < 1.29 is 19.1 Å². The molecule has 35 heavy (non-hydrogen) atoms. The van der Waals surface area contributed by atoms with Gasteiger partial charge in [0.2, 0.25) is 5.91 Å². The number of methoxy groups -OCH3 is 1. The maximum absolute atomic E-state index is 13.0. The number of hydrogen-bond donors (Lipinski definition) is 1. The highest BCUT2D eigenvalue weighted by molar-refractivity contribution is 6.31. The predicted molar refractivity (Wildman–Crippen MR) is 136 cm³/mol. The fourth-order valence-corrected chi connectivity index (χ4v) is 4.39. The van der Waals surface area contributed by atoms with E-state index in [4.69, 9.17) is 21.1 Å². The summed E-state index contributed by atoms with van der Waals surface area (Å²) >= 11 is 6.08. The number of hydrogen-bond acceptors (Lipinski definition) is 4. The van der Waals surface area contributed by atoms with Crippen LogP contribution in [0.25, 0.3) is 0 Å². The Kier molecular flexibility index (Phi) is 8.27. The molecule has 7 heteroatoms. The molecular formula is C28H29ClN2O4. The Labute approximate surface area is 210 Å². The first kappa shape index (κ1) is 24.6. The predicted octanol–water partition coefficient (Wildman–Crippen LogP) is 5.10. The second kappa shape index (κ2) is 11.8. The third-order valence-corrected chi connectivity index (χ3v) is 6.44. The Balaban J connectivity index is 1.29. The molecule has 1 saturated heterocycles. The van der Waals surface area contributed by atoms with Crippen LogP contribution >= 0.6 is 11.6 Å². The highest BCUT2D eigenvalue weighted by Crippen LogP contribution is 2.27. The molecule has 0 radical (unpaired) electrons. The lowest BCUT2D eigenvalue weighted by molar-refractivity contribution is -0.126. The van der Waals surface area contributed by atoms with Gasteiger partial charge in [-0.15, -0.1) is 0 Å². The number of piperidine rings is 1. The Morgan fingerprint density at radius 1 is 0.971 bits per heavy atom. The van der Waals surface area contributed by atoms with Gasteiger partial charge in [0.1, 0.15) is 18.1 Å². The molecule has 1 fully saturated rings. The van der Waals surface area contributed by atoms with E-state index < -0.39 is 0 Å². The average molecular weight is 493 g/mol. The van der Waals surface area contributed by atoms with Crippen molar-refractivity contribution in [2.24, 2.45) is 5.92 Å². The molecule has 0 spiro atoms. The SMILES string of the molecule is COc1ccc(Cl)cc1C(=O)N1CCC(C(=O)NCc2ccccc2OCc2ccccc2)CC1. The fourth-order valence-electron chi connectivity index (χ4n) is 4.22. The molecule has 3 aromatic carbocycles. The summed E-state index contributed by atoms with van der Waals surface area (Å²) in [6.07, 6.45) is 1.21. The number of nitrogens with zero attached hydrogens (tertiary/aromatic N) is 1. The number of ether oxygens (including phenoxy) is 2. The quantitative estimate of drug-likeness (QED) is 0.475. The summed E-state index contributed by atoms with van der Waals surface area (Å²) in [4.78, 5) is 27.6. The number of nitrogens with one attached hydrogen (secondary N) is 1. The number of rotatable bonds is 8. The molecule has 1 aliphatic heterocycles. The monoisotopic (exact) mass is 492 g/mol. The van der Waals surface area contributed by atoms with Crippen LogP contribution in [0.5, 0.6) is 11.5 Å². The van der Waals surface area contributed by atoms with E-state index in [0.29, 0.717) is 55.4 Å². The summed E-state index contributed by atoms with van der Waals surface area (Å²) < 4.78 is 11.3. The van der Waals surface area contributed by atoms with Gasteiger partial charge < -0.3 is 19.7 Å². The van der Waals surface area contributed by atoms with Crippen LogP contribution in [-0.4, -0.2) is 36.9 Å². The Morgan fingerprint density at radius 2 is 1.69 bits per heavy atom. The van der Waals surface area contributed by atoms with Crippen molar-refractivity contribution in [1.82, 2.24) is 10.2 Å². The summed E-state index contributed by atoms with van der Waals surface area (Å²) in [6.45, 7) is 1.87. The normalized spacial score (nSPS) is 13.8. The maximum atomic E-state index is 13.0. The number of para-hydroxylation sites is 1. The van der Waals surface area contributed by atoms with Crippen molar-refractivity contribution in [1.29, 1.82) is 0 Å². The molecule has 3 aromatic rings. The topological polar surface area (TPSA) is 67.9 Å². The number of carbonyl (C=O) groups excluding carboxylic acids is 2. The molecule has 1 aliphatic rings. The maximum Gasteiger partial charge on any atom is 0.257 e. The van der Waals surface area contributed by atoms with E-state index in [1.165, 1.54) is 7.11 Å². The van der Waals surface area contributed by atoms with E-state index in [9.17, 15) is 9.59 Å². The van der Waals surface area contributed by atoms with Crippen LogP contribution in [0.1, 0.15) is 34.3 Å².